The van der Waals surface area contributed by atoms with E-state index in [1.54, 1.807) is 0 Å². The molecule has 0 aromatic carbocycles. The van der Waals surface area contributed by atoms with Gasteiger partial charge in [-0.1, -0.05) is 13.8 Å². The van der Waals surface area contributed by atoms with Gasteiger partial charge in [0.25, 0.3) is 0 Å². The molecule has 2 fully saturated rings. The molecule has 2 aliphatic rings. The second kappa shape index (κ2) is 4.40. The number of nitrogens with two attached hydrogens (primary N) is 1. The van der Waals surface area contributed by atoms with E-state index in [9.17, 15) is 0 Å². The summed E-state index contributed by atoms with van der Waals surface area (Å²) in [5.41, 5.74) is 3.24. The third-order valence-electron chi connectivity index (χ3n) is 4.21. The molecule has 1 saturated carbocycles. The summed E-state index contributed by atoms with van der Waals surface area (Å²) in [4.78, 5) is 0. The molecule has 1 spiro atoms. The molecule has 1 aliphatic carbocycles. The first-order valence-corrected chi connectivity index (χ1v) is 6.27. The van der Waals surface area contributed by atoms with Crippen molar-refractivity contribution in [3.8, 4) is 0 Å². The number of ether oxygens (including phenoxy) is 1. The van der Waals surface area contributed by atoms with Crippen LogP contribution in [0.3, 0.4) is 0 Å². The molecule has 88 valence electrons. The maximum absolute atomic E-state index is 5.94. The summed E-state index contributed by atoms with van der Waals surface area (Å²) in [7, 11) is 0. The molecule has 1 aliphatic heterocycles. The summed E-state index contributed by atoms with van der Waals surface area (Å²) in [6.45, 7) is 5.41. The van der Waals surface area contributed by atoms with E-state index < -0.39 is 0 Å². The van der Waals surface area contributed by atoms with Crippen molar-refractivity contribution in [1.29, 1.82) is 0 Å². The first kappa shape index (κ1) is 11.4. The summed E-state index contributed by atoms with van der Waals surface area (Å²) in [5.74, 6) is 6.97. The molecule has 0 aromatic rings. The van der Waals surface area contributed by atoms with E-state index in [4.69, 9.17) is 10.6 Å². The Labute approximate surface area is 92.7 Å². The number of hydrogen-bond acceptors (Lipinski definition) is 3. The molecule has 0 aromatic heterocycles. The minimum Gasteiger partial charge on any atom is -0.375 e. The van der Waals surface area contributed by atoms with Gasteiger partial charge in [-0.05, 0) is 43.9 Å². The zero-order valence-corrected chi connectivity index (χ0v) is 9.96. The highest BCUT2D eigenvalue weighted by Gasteiger charge is 2.44. The lowest BCUT2D eigenvalue weighted by atomic mass is 9.69. The molecule has 1 heterocycles. The molecule has 3 nitrogen and oxygen atoms in total. The van der Waals surface area contributed by atoms with Crippen LogP contribution in [0.1, 0.15) is 46.0 Å². The Morgan fingerprint density at radius 2 is 2.13 bits per heavy atom. The minimum atomic E-state index is 0.243. The quantitative estimate of drug-likeness (QED) is 0.554. The van der Waals surface area contributed by atoms with Crippen LogP contribution in [0, 0.1) is 11.8 Å². The third-order valence-corrected chi connectivity index (χ3v) is 4.21. The summed E-state index contributed by atoms with van der Waals surface area (Å²) in [6.07, 6.45) is 6.24. The largest absolute Gasteiger partial charge is 0.375 e. The minimum absolute atomic E-state index is 0.243. The van der Waals surface area contributed by atoms with Gasteiger partial charge in [0, 0.05) is 12.6 Å². The predicted octanol–water partition coefficient (Wildman–Crippen LogP) is 1.82. The van der Waals surface area contributed by atoms with Gasteiger partial charge in [-0.15, -0.1) is 0 Å². The summed E-state index contributed by atoms with van der Waals surface area (Å²) in [5, 5.41) is 0. The highest BCUT2D eigenvalue weighted by molar-refractivity contribution is 4.96. The van der Waals surface area contributed by atoms with Crippen LogP contribution in [-0.2, 0) is 4.74 Å². The van der Waals surface area contributed by atoms with Crippen molar-refractivity contribution >= 4 is 0 Å². The van der Waals surface area contributed by atoms with Crippen LogP contribution in [0.15, 0.2) is 0 Å². The fraction of sp³-hybridized carbons (Fsp3) is 1.00. The number of hydrazine groups is 1. The van der Waals surface area contributed by atoms with Crippen LogP contribution in [-0.4, -0.2) is 18.2 Å². The van der Waals surface area contributed by atoms with Crippen molar-refractivity contribution in [2.75, 3.05) is 6.61 Å². The molecule has 3 N–H and O–H groups in total. The third kappa shape index (κ3) is 2.19. The lowest BCUT2D eigenvalue weighted by molar-refractivity contribution is -0.148. The Hall–Kier alpha value is -0.120. The second-order valence-corrected chi connectivity index (χ2v) is 5.57. The molecule has 15 heavy (non-hydrogen) atoms. The monoisotopic (exact) mass is 212 g/mol. The average Bonchev–Trinajstić information content (AvgIpc) is 2.16. The van der Waals surface area contributed by atoms with Crippen LogP contribution in [0.2, 0.25) is 0 Å². The van der Waals surface area contributed by atoms with Gasteiger partial charge in [-0.25, -0.2) is 0 Å². The molecule has 1 saturated heterocycles. The van der Waals surface area contributed by atoms with Gasteiger partial charge in [-0.2, -0.15) is 0 Å². The van der Waals surface area contributed by atoms with Crippen molar-refractivity contribution in [3.63, 3.8) is 0 Å². The fourth-order valence-corrected chi connectivity index (χ4v) is 3.16. The van der Waals surface area contributed by atoms with Gasteiger partial charge >= 0.3 is 0 Å². The molecular weight excluding hydrogens is 188 g/mol. The summed E-state index contributed by atoms with van der Waals surface area (Å²) < 4.78 is 5.94. The smallest absolute Gasteiger partial charge is 0.0685 e. The van der Waals surface area contributed by atoms with E-state index in [0.717, 1.165) is 13.0 Å². The van der Waals surface area contributed by atoms with E-state index >= 15 is 0 Å². The fourth-order valence-electron chi connectivity index (χ4n) is 3.16. The Balaban J connectivity index is 1.96. The topological polar surface area (TPSA) is 47.3 Å². The van der Waals surface area contributed by atoms with Crippen molar-refractivity contribution in [2.24, 2.45) is 17.7 Å². The van der Waals surface area contributed by atoms with Crippen molar-refractivity contribution < 1.29 is 4.74 Å². The lowest BCUT2D eigenvalue weighted by Gasteiger charge is -2.49. The molecular formula is C12H24N2O. The van der Waals surface area contributed by atoms with E-state index in [2.05, 4.69) is 19.3 Å². The molecule has 0 bridgehead atoms. The Kier molecular flexibility index (Phi) is 3.33. The molecule has 2 atom stereocenters. The number of nitrogens with one attached hydrogen (secondary N) is 1. The van der Waals surface area contributed by atoms with Crippen LogP contribution < -0.4 is 11.3 Å². The van der Waals surface area contributed by atoms with E-state index in [1.165, 1.54) is 25.7 Å². The van der Waals surface area contributed by atoms with Gasteiger partial charge in [-0.3, -0.25) is 11.3 Å². The average molecular weight is 212 g/mol. The normalized spacial score (nSPS) is 31.6. The maximum Gasteiger partial charge on any atom is 0.0685 e. The predicted molar refractivity (Wildman–Crippen MR) is 61.2 cm³/mol. The van der Waals surface area contributed by atoms with E-state index in [0.29, 0.717) is 17.9 Å². The van der Waals surface area contributed by atoms with Crippen molar-refractivity contribution in [2.45, 2.75) is 57.6 Å². The van der Waals surface area contributed by atoms with Crippen LogP contribution in [0.4, 0.5) is 0 Å². The van der Waals surface area contributed by atoms with Gasteiger partial charge < -0.3 is 4.74 Å². The Morgan fingerprint density at radius 3 is 2.60 bits per heavy atom. The van der Waals surface area contributed by atoms with Crippen LogP contribution >= 0.6 is 0 Å². The lowest BCUT2D eigenvalue weighted by Crippen LogP contribution is -2.53. The van der Waals surface area contributed by atoms with Crippen molar-refractivity contribution in [1.82, 2.24) is 5.43 Å². The SMILES string of the molecule is CC(C)C(NN)C1CCOC2(CCC2)C1. The summed E-state index contributed by atoms with van der Waals surface area (Å²) in [6, 6.07) is 0.450. The Bertz CT molecular complexity index is 214. The van der Waals surface area contributed by atoms with Gasteiger partial charge in [0.05, 0.1) is 5.60 Å². The number of hydrogen-bond donors (Lipinski definition) is 2. The standard InChI is InChI=1S/C12H24N2O/c1-9(2)11(14-13)10-4-7-15-12(8-10)5-3-6-12/h9-11,14H,3-8,13H2,1-2H3. The maximum atomic E-state index is 5.94. The Morgan fingerprint density at radius 1 is 1.40 bits per heavy atom. The molecule has 0 amide bonds. The highest BCUT2D eigenvalue weighted by atomic mass is 16.5. The number of rotatable bonds is 3. The van der Waals surface area contributed by atoms with Crippen LogP contribution in [0.25, 0.3) is 0 Å². The zero-order valence-electron chi connectivity index (χ0n) is 9.96. The van der Waals surface area contributed by atoms with Gasteiger partial charge in [0.1, 0.15) is 0 Å². The first-order chi connectivity index (χ1) is 7.17. The molecule has 2 rings (SSSR count). The van der Waals surface area contributed by atoms with E-state index in [1.807, 2.05) is 0 Å². The van der Waals surface area contributed by atoms with Gasteiger partial charge in [0.15, 0.2) is 0 Å². The van der Waals surface area contributed by atoms with Gasteiger partial charge in [0.2, 0.25) is 0 Å². The molecule has 2 unspecified atom stereocenters. The highest BCUT2D eigenvalue weighted by Crippen LogP contribution is 2.45. The zero-order chi connectivity index (χ0) is 10.9. The van der Waals surface area contributed by atoms with E-state index in [-0.39, 0.29) is 5.60 Å². The summed E-state index contributed by atoms with van der Waals surface area (Å²) >= 11 is 0. The molecule has 3 heteroatoms. The van der Waals surface area contributed by atoms with Crippen molar-refractivity contribution in [3.05, 3.63) is 0 Å². The second-order valence-electron chi connectivity index (χ2n) is 5.57. The van der Waals surface area contributed by atoms with Crippen LogP contribution in [0.5, 0.6) is 0 Å². The molecule has 0 radical (unpaired) electrons. The first-order valence-electron chi connectivity index (χ1n) is 6.27.